The summed E-state index contributed by atoms with van der Waals surface area (Å²) in [6.07, 6.45) is -5.91. The number of carbonyl (C=O) groups is 3. The first-order valence-electron chi connectivity index (χ1n) is 11.9. The second-order valence-electron chi connectivity index (χ2n) is 8.78. The molecular formula is C27H30O12. The summed E-state index contributed by atoms with van der Waals surface area (Å²) >= 11 is 0. The van der Waals surface area contributed by atoms with Gasteiger partial charge in [-0.15, -0.1) is 0 Å². The lowest BCUT2D eigenvalue weighted by Gasteiger charge is -2.38. The highest BCUT2D eigenvalue weighted by atomic mass is 16.7. The minimum absolute atomic E-state index is 0.00510. The minimum Gasteiger partial charge on any atom is -0.504 e. The number of carbonyl (C=O) groups excluding carboxylic acids is 2. The van der Waals surface area contributed by atoms with Crippen LogP contribution in [0.15, 0.2) is 42.5 Å². The Kier molecular flexibility index (Phi) is 10.0. The quantitative estimate of drug-likeness (QED) is 0.187. The standard InChI is InChI=1S/C27H30O12/c1-36-20-11-14(5-9-18(20)30)3-7-16(28)13-17(29)8-4-15-6-10-19(21(12-15)37-2)38-27-24(33)22(31)23(32)25(39-27)26(34)35/h4-6,8-12,22-25,27,30-33H,3,7,13H2,1-2H3,(H,34,35)/b8-4+/t22-,23+,24+,25-,27+/m1/s1. The van der Waals surface area contributed by atoms with Crippen LogP contribution in [0.5, 0.6) is 23.0 Å². The molecule has 39 heavy (non-hydrogen) atoms. The highest BCUT2D eigenvalue weighted by Crippen LogP contribution is 2.32. The SMILES string of the molecule is COc1cc(CCC(=O)CC(=O)/C=C/c2ccc(O[C@H]3O[C@@H](C(=O)O)[C@@H](O)[C@@H](O)[C@@H]3O)c(OC)c2)ccc1O. The van der Waals surface area contributed by atoms with Crippen molar-refractivity contribution in [3.63, 3.8) is 0 Å². The van der Waals surface area contributed by atoms with Gasteiger partial charge in [-0.25, -0.2) is 4.79 Å². The monoisotopic (exact) mass is 546 g/mol. The lowest BCUT2D eigenvalue weighted by molar-refractivity contribution is -0.271. The molecule has 1 aliphatic heterocycles. The lowest BCUT2D eigenvalue weighted by Crippen LogP contribution is -2.61. The molecule has 0 amide bonds. The maximum Gasteiger partial charge on any atom is 0.335 e. The van der Waals surface area contributed by atoms with Gasteiger partial charge in [0.2, 0.25) is 6.29 Å². The van der Waals surface area contributed by atoms with Crippen LogP contribution in [-0.2, 0) is 25.5 Å². The molecule has 5 atom stereocenters. The van der Waals surface area contributed by atoms with Crippen molar-refractivity contribution < 1.29 is 58.9 Å². The fourth-order valence-corrected chi connectivity index (χ4v) is 3.85. The van der Waals surface area contributed by atoms with Crippen LogP contribution in [-0.4, -0.2) is 88.0 Å². The van der Waals surface area contributed by atoms with Crippen molar-refractivity contribution in [1.29, 1.82) is 0 Å². The van der Waals surface area contributed by atoms with Gasteiger partial charge < -0.3 is 44.5 Å². The van der Waals surface area contributed by atoms with Crippen molar-refractivity contribution in [2.75, 3.05) is 14.2 Å². The molecule has 0 radical (unpaired) electrons. The van der Waals surface area contributed by atoms with E-state index in [1.807, 2.05) is 0 Å². The Hall–Kier alpha value is -3.97. The first-order chi connectivity index (χ1) is 18.5. The molecule has 0 aromatic heterocycles. The Bertz CT molecular complexity index is 1220. The molecule has 0 unspecified atom stereocenters. The third-order valence-electron chi connectivity index (χ3n) is 6.01. The molecule has 0 aliphatic carbocycles. The van der Waals surface area contributed by atoms with Gasteiger partial charge in [0, 0.05) is 6.42 Å². The molecule has 3 rings (SSSR count). The second kappa shape index (κ2) is 13.2. The topological polar surface area (TPSA) is 189 Å². The molecule has 0 spiro atoms. The Balaban J connectivity index is 1.59. The van der Waals surface area contributed by atoms with Crippen LogP contribution in [0.4, 0.5) is 0 Å². The number of aliphatic hydroxyl groups excluding tert-OH is 3. The molecular weight excluding hydrogens is 516 g/mol. The Morgan fingerprint density at radius 1 is 0.923 bits per heavy atom. The maximum absolute atomic E-state index is 12.3. The van der Waals surface area contributed by atoms with Gasteiger partial charge >= 0.3 is 5.97 Å². The molecule has 2 aromatic carbocycles. The van der Waals surface area contributed by atoms with Gasteiger partial charge in [-0.3, -0.25) is 9.59 Å². The fourth-order valence-electron chi connectivity index (χ4n) is 3.85. The van der Waals surface area contributed by atoms with Gasteiger partial charge in [-0.1, -0.05) is 18.2 Å². The van der Waals surface area contributed by atoms with Crippen molar-refractivity contribution in [3.8, 4) is 23.0 Å². The number of aliphatic carboxylic acids is 1. The number of phenols is 1. The summed E-state index contributed by atoms with van der Waals surface area (Å²) in [6, 6.07) is 9.23. The summed E-state index contributed by atoms with van der Waals surface area (Å²) in [4.78, 5) is 35.8. The number of allylic oxidation sites excluding steroid dienone is 1. The van der Waals surface area contributed by atoms with Gasteiger partial charge in [0.05, 0.1) is 20.6 Å². The molecule has 0 bridgehead atoms. The van der Waals surface area contributed by atoms with Crippen LogP contribution in [0.25, 0.3) is 6.08 Å². The number of hydrogen-bond acceptors (Lipinski definition) is 11. The van der Waals surface area contributed by atoms with Gasteiger partial charge in [0.1, 0.15) is 24.1 Å². The largest absolute Gasteiger partial charge is 0.504 e. The van der Waals surface area contributed by atoms with E-state index in [2.05, 4.69) is 0 Å². The number of hydrogen-bond donors (Lipinski definition) is 5. The number of phenolic OH excluding ortho intramolecular Hbond substituents is 1. The van der Waals surface area contributed by atoms with Crippen molar-refractivity contribution in [2.45, 2.75) is 50.0 Å². The molecule has 12 heteroatoms. The van der Waals surface area contributed by atoms with Gasteiger partial charge in [0.15, 0.2) is 34.9 Å². The van der Waals surface area contributed by atoms with E-state index in [-0.39, 0.29) is 35.9 Å². The van der Waals surface area contributed by atoms with E-state index < -0.39 is 42.5 Å². The molecule has 1 aliphatic rings. The predicted molar refractivity (Wildman–Crippen MR) is 135 cm³/mol. The average Bonchev–Trinajstić information content (AvgIpc) is 2.91. The number of carboxylic acids is 1. The third kappa shape index (κ3) is 7.54. The Labute approximate surface area is 223 Å². The average molecular weight is 547 g/mol. The molecule has 2 aromatic rings. The van der Waals surface area contributed by atoms with E-state index in [1.54, 1.807) is 12.1 Å². The maximum atomic E-state index is 12.3. The predicted octanol–water partition coefficient (Wildman–Crippen LogP) is 0.855. The number of rotatable bonds is 12. The number of aryl methyl sites for hydroxylation is 1. The molecule has 1 heterocycles. The number of carboxylic acid groups (broad SMARTS) is 1. The normalized spacial score (nSPS) is 22.8. The van der Waals surface area contributed by atoms with E-state index in [1.165, 1.54) is 50.6 Å². The number of aliphatic hydroxyl groups is 3. The Morgan fingerprint density at radius 3 is 2.31 bits per heavy atom. The van der Waals surface area contributed by atoms with Crippen molar-refractivity contribution >= 4 is 23.6 Å². The molecule has 12 nitrogen and oxygen atoms in total. The number of ether oxygens (including phenoxy) is 4. The number of aromatic hydroxyl groups is 1. The summed E-state index contributed by atoms with van der Waals surface area (Å²) in [5, 5.41) is 48.7. The lowest BCUT2D eigenvalue weighted by atomic mass is 9.99. The van der Waals surface area contributed by atoms with Crippen molar-refractivity contribution in [2.24, 2.45) is 0 Å². The summed E-state index contributed by atoms with van der Waals surface area (Å²) in [5.74, 6) is -1.72. The summed E-state index contributed by atoms with van der Waals surface area (Å²) < 4.78 is 20.9. The van der Waals surface area contributed by atoms with Crippen LogP contribution in [0, 0.1) is 0 Å². The fraction of sp³-hybridized carbons (Fsp3) is 0.370. The smallest absolute Gasteiger partial charge is 0.335 e. The van der Waals surface area contributed by atoms with Crippen LogP contribution in [0.3, 0.4) is 0 Å². The molecule has 210 valence electrons. The molecule has 1 saturated heterocycles. The van der Waals surface area contributed by atoms with E-state index in [0.717, 1.165) is 5.56 Å². The number of ketones is 2. The molecule has 1 fully saturated rings. The first kappa shape index (κ1) is 29.6. The van der Waals surface area contributed by atoms with E-state index in [9.17, 15) is 39.9 Å². The third-order valence-corrected chi connectivity index (χ3v) is 6.01. The second-order valence-corrected chi connectivity index (χ2v) is 8.78. The van der Waals surface area contributed by atoms with Crippen molar-refractivity contribution in [1.82, 2.24) is 0 Å². The molecule has 0 saturated carbocycles. The van der Waals surface area contributed by atoms with E-state index in [0.29, 0.717) is 17.7 Å². The zero-order valence-corrected chi connectivity index (χ0v) is 21.2. The van der Waals surface area contributed by atoms with E-state index in [4.69, 9.17) is 18.9 Å². The summed E-state index contributed by atoms with van der Waals surface area (Å²) in [5.41, 5.74) is 1.30. The van der Waals surface area contributed by atoms with Gasteiger partial charge in [-0.05, 0) is 47.9 Å². The van der Waals surface area contributed by atoms with Crippen LogP contribution >= 0.6 is 0 Å². The van der Waals surface area contributed by atoms with E-state index >= 15 is 0 Å². The number of benzene rings is 2. The summed E-state index contributed by atoms with van der Waals surface area (Å²) in [6.45, 7) is 0. The first-order valence-corrected chi connectivity index (χ1v) is 11.9. The zero-order valence-electron chi connectivity index (χ0n) is 21.2. The van der Waals surface area contributed by atoms with Crippen LogP contribution in [0.2, 0.25) is 0 Å². The summed E-state index contributed by atoms with van der Waals surface area (Å²) in [7, 11) is 2.76. The molecule has 5 N–H and O–H groups in total. The van der Waals surface area contributed by atoms with Gasteiger partial charge in [-0.2, -0.15) is 0 Å². The number of Topliss-reactive ketones (excluding diaryl/α,β-unsaturated/α-hetero) is 1. The van der Waals surface area contributed by atoms with Crippen molar-refractivity contribution in [3.05, 3.63) is 53.6 Å². The number of methoxy groups -OCH3 is 2. The highest BCUT2D eigenvalue weighted by Gasteiger charge is 2.48. The van der Waals surface area contributed by atoms with Gasteiger partial charge in [0.25, 0.3) is 0 Å². The highest BCUT2D eigenvalue weighted by molar-refractivity contribution is 6.06. The van der Waals surface area contributed by atoms with Crippen LogP contribution < -0.4 is 14.2 Å². The van der Waals surface area contributed by atoms with Crippen LogP contribution in [0.1, 0.15) is 24.0 Å². The Morgan fingerprint density at radius 2 is 1.64 bits per heavy atom. The zero-order chi connectivity index (χ0) is 28.7. The minimum atomic E-state index is -1.85.